The van der Waals surface area contributed by atoms with Gasteiger partial charge in [-0.25, -0.2) is 5.14 Å². The highest BCUT2D eigenvalue weighted by atomic mass is 32.2. The van der Waals surface area contributed by atoms with Crippen molar-refractivity contribution >= 4 is 22.2 Å². The number of rotatable bonds is 3. The van der Waals surface area contributed by atoms with Crippen molar-refractivity contribution in [1.82, 2.24) is 0 Å². The molecule has 1 rings (SSSR count). The third-order valence-corrected chi connectivity index (χ3v) is 1.80. The molecule has 1 aromatic rings. The highest BCUT2D eigenvalue weighted by molar-refractivity contribution is 7.90. The molecule has 13 heavy (non-hydrogen) atoms. The molecule has 0 unspecified atom stereocenters. The predicted octanol–water partition coefficient (Wildman–Crippen LogP) is 0.114. The van der Waals surface area contributed by atoms with Gasteiger partial charge in [-0.05, 0) is 12.1 Å². The number of hydrogen-bond donors (Lipinski definition) is 2. The summed E-state index contributed by atoms with van der Waals surface area (Å²) in [5.41, 5.74) is 0.653. The molecule has 0 spiro atoms. The van der Waals surface area contributed by atoms with E-state index in [-0.39, 0.29) is 5.69 Å². The van der Waals surface area contributed by atoms with E-state index in [2.05, 4.69) is 0 Å². The molecule has 0 radical (unpaired) electrons. The van der Waals surface area contributed by atoms with Gasteiger partial charge in [-0.2, -0.15) is 8.42 Å². The maximum atomic E-state index is 10.6. The predicted molar refractivity (Wildman–Crippen MR) is 48.6 cm³/mol. The Hall–Kier alpha value is -1.40. The molecule has 0 fully saturated rings. The average molecular weight is 200 g/mol. The van der Waals surface area contributed by atoms with Crippen molar-refractivity contribution in [2.45, 2.75) is 0 Å². The van der Waals surface area contributed by atoms with E-state index < -0.39 is 10.2 Å². The smallest absolute Gasteiger partial charge is 0.296 e. The van der Waals surface area contributed by atoms with Crippen molar-refractivity contribution in [1.29, 1.82) is 0 Å². The number of aldehydes is 1. The van der Waals surface area contributed by atoms with Gasteiger partial charge in [-0.15, -0.1) is 0 Å². The van der Waals surface area contributed by atoms with Crippen LogP contribution in [0.5, 0.6) is 0 Å². The van der Waals surface area contributed by atoms with Crippen LogP contribution in [0.25, 0.3) is 0 Å². The van der Waals surface area contributed by atoms with E-state index in [4.69, 9.17) is 5.14 Å². The van der Waals surface area contributed by atoms with Crippen molar-refractivity contribution in [2.24, 2.45) is 5.14 Å². The van der Waals surface area contributed by atoms with Gasteiger partial charge in [0.25, 0.3) is 10.2 Å². The normalized spacial score (nSPS) is 10.8. The van der Waals surface area contributed by atoms with Crippen LogP contribution in [0.3, 0.4) is 0 Å². The molecule has 0 bridgehead atoms. The minimum absolute atomic E-state index is 0.270. The summed E-state index contributed by atoms with van der Waals surface area (Å²) < 4.78 is 23.2. The standard InChI is InChI=1S/C7H8N2O3S/c8-13(11,12)9-7-3-1-2-6(4-7)5-10/h1-5,9H,(H2,8,11,12). The minimum Gasteiger partial charge on any atom is -0.298 e. The zero-order chi connectivity index (χ0) is 9.90. The molecule has 0 aliphatic rings. The minimum atomic E-state index is -3.77. The molecule has 70 valence electrons. The van der Waals surface area contributed by atoms with Gasteiger partial charge in [-0.3, -0.25) is 9.52 Å². The van der Waals surface area contributed by atoms with Crippen molar-refractivity contribution in [3.8, 4) is 0 Å². The average Bonchev–Trinajstić information content (AvgIpc) is 2.01. The van der Waals surface area contributed by atoms with Crippen LogP contribution >= 0.6 is 0 Å². The maximum Gasteiger partial charge on any atom is 0.296 e. The molecule has 0 aliphatic heterocycles. The molecule has 6 heteroatoms. The van der Waals surface area contributed by atoms with E-state index in [1.54, 1.807) is 12.1 Å². The van der Waals surface area contributed by atoms with Crippen molar-refractivity contribution in [3.05, 3.63) is 29.8 Å². The number of anilines is 1. The Bertz CT molecular complexity index is 414. The van der Waals surface area contributed by atoms with Crippen LogP contribution in [0.15, 0.2) is 24.3 Å². The first-order valence-electron chi connectivity index (χ1n) is 3.37. The second-order valence-electron chi connectivity index (χ2n) is 2.39. The largest absolute Gasteiger partial charge is 0.298 e. The lowest BCUT2D eigenvalue weighted by atomic mass is 10.2. The number of carbonyl (C=O) groups excluding carboxylic acids is 1. The Morgan fingerprint density at radius 2 is 2.08 bits per heavy atom. The summed E-state index contributed by atoms with van der Waals surface area (Å²) in [6, 6.07) is 5.99. The summed E-state index contributed by atoms with van der Waals surface area (Å²) in [5.74, 6) is 0. The number of carbonyl (C=O) groups is 1. The molecule has 0 atom stereocenters. The third-order valence-electron chi connectivity index (χ3n) is 1.28. The highest BCUT2D eigenvalue weighted by Gasteiger charge is 2.01. The van der Waals surface area contributed by atoms with Gasteiger partial charge in [0.1, 0.15) is 6.29 Å². The molecule has 0 saturated heterocycles. The molecular formula is C7H8N2O3S. The summed E-state index contributed by atoms with van der Waals surface area (Å²) in [4.78, 5) is 10.3. The maximum absolute atomic E-state index is 10.6. The molecule has 0 aromatic heterocycles. The van der Waals surface area contributed by atoms with Gasteiger partial charge in [0.2, 0.25) is 0 Å². The Labute approximate surface area is 75.7 Å². The molecule has 0 amide bonds. The van der Waals surface area contributed by atoms with E-state index in [1.165, 1.54) is 12.1 Å². The van der Waals surface area contributed by atoms with E-state index in [0.29, 0.717) is 11.8 Å². The van der Waals surface area contributed by atoms with Crippen LogP contribution in [-0.4, -0.2) is 14.7 Å². The summed E-state index contributed by atoms with van der Waals surface area (Å²) in [7, 11) is -3.77. The van der Waals surface area contributed by atoms with Crippen LogP contribution in [0, 0.1) is 0 Å². The van der Waals surface area contributed by atoms with E-state index in [1.807, 2.05) is 4.72 Å². The van der Waals surface area contributed by atoms with Crippen molar-refractivity contribution in [2.75, 3.05) is 4.72 Å². The van der Waals surface area contributed by atoms with Crippen molar-refractivity contribution < 1.29 is 13.2 Å². The van der Waals surface area contributed by atoms with E-state index in [9.17, 15) is 13.2 Å². The van der Waals surface area contributed by atoms with Gasteiger partial charge < -0.3 is 0 Å². The Morgan fingerprint density at radius 3 is 2.62 bits per heavy atom. The fourth-order valence-corrected chi connectivity index (χ4v) is 1.30. The highest BCUT2D eigenvalue weighted by Crippen LogP contribution is 2.09. The topological polar surface area (TPSA) is 89.3 Å². The zero-order valence-corrected chi connectivity index (χ0v) is 7.41. The monoisotopic (exact) mass is 200 g/mol. The van der Waals surface area contributed by atoms with Crippen LogP contribution in [0.2, 0.25) is 0 Å². The number of hydrogen-bond acceptors (Lipinski definition) is 3. The first kappa shape index (κ1) is 9.69. The van der Waals surface area contributed by atoms with Crippen LogP contribution in [-0.2, 0) is 10.2 Å². The van der Waals surface area contributed by atoms with Gasteiger partial charge in [0.15, 0.2) is 0 Å². The molecular weight excluding hydrogens is 192 g/mol. The molecule has 5 nitrogen and oxygen atoms in total. The third kappa shape index (κ3) is 3.22. The second-order valence-corrected chi connectivity index (χ2v) is 3.68. The van der Waals surface area contributed by atoms with Gasteiger partial charge >= 0.3 is 0 Å². The SMILES string of the molecule is NS(=O)(=O)Nc1cccc(C=O)c1. The first-order valence-corrected chi connectivity index (χ1v) is 4.92. The lowest BCUT2D eigenvalue weighted by molar-refractivity contribution is 0.112. The molecule has 0 saturated carbocycles. The molecule has 1 aromatic carbocycles. The Morgan fingerprint density at radius 1 is 1.38 bits per heavy atom. The first-order chi connectivity index (χ1) is 6.01. The zero-order valence-electron chi connectivity index (χ0n) is 6.60. The van der Waals surface area contributed by atoms with Gasteiger partial charge in [0, 0.05) is 5.56 Å². The number of nitrogens with one attached hydrogen (secondary N) is 1. The van der Waals surface area contributed by atoms with Crippen LogP contribution in [0.1, 0.15) is 10.4 Å². The van der Waals surface area contributed by atoms with Crippen LogP contribution in [0.4, 0.5) is 5.69 Å². The fraction of sp³-hybridized carbons (Fsp3) is 0. The lowest BCUT2D eigenvalue weighted by Gasteiger charge is -2.02. The summed E-state index contributed by atoms with van der Waals surface area (Å²) in [6.07, 6.45) is 0.619. The summed E-state index contributed by atoms with van der Waals surface area (Å²) in [5, 5.41) is 4.73. The van der Waals surface area contributed by atoms with Gasteiger partial charge in [-0.1, -0.05) is 12.1 Å². The van der Waals surface area contributed by atoms with E-state index in [0.717, 1.165) is 0 Å². The lowest BCUT2D eigenvalue weighted by Crippen LogP contribution is -2.21. The number of nitrogens with two attached hydrogens (primary N) is 1. The molecule has 3 N–H and O–H groups in total. The molecule has 0 heterocycles. The Balaban J connectivity index is 2.96. The van der Waals surface area contributed by atoms with Gasteiger partial charge in [0.05, 0.1) is 5.69 Å². The van der Waals surface area contributed by atoms with Crippen LogP contribution < -0.4 is 9.86 Å². The second kappa shape index (κ2) is 3.55. The van der Waals surface area contributed by atoms with Crippen molar-refractivity contribution in [3.63, 3.8) is 0 Å². The van der Waals surface area contributed by atoms with E-state index >= 15 is 0 Å². The number of benzene rings is 1. The summed E-state index contributed by atoms with van der Waals surface area (Å²) >= 11 is 0. The Kier molecular flexibility index (Phi) is 2.64. The fourth-order valence-electron chi connectivity index (χ4n) is 0.840. The molecule has 0 aliphatic carbocycles. The summed E-state index contributed by atoms with van der Waals surface area (Å²) in [6.45, 7) is 0. The quantitative estimate of drug-likeness (QED) is 0.679.